The SMILES string of the molecule is CCCn1cc(NC(=O)C(O)(c2ccccc2)c2ccccc2)cn1. The first-order valence-corrected chi connectivity index (χ1v) is 8.32. The summed E-state index contributed by atoms with van der Waals surface area (Å²) in [7, 11) is 0. The monoisotopic (exact) mass is 335 g/mol. The van der Waals surface area contributed by atoms with Crippen LogP contribution in [0.3, 0.4) is 0 Å². The molecule has 0 bridgehead atoms. The van der Waals surface area contributed by atoms with Crippen molar-refractivity contribution in [2.24, 2.45) is 0 Å². The summed E-state index contributed by atoms with van der Waals surface area (Å²) >= 11 is 0. The third kappa shape index (κ3) is 3.46. The lowest BCUT2D eigenvalue weighted by atomic mass is 9.85. The molecule has 25 heavy (non-hydrogen) atoms. The van der Waals surface area contributed by atoms with Gasteiger partial charge in [-0.25, -0.2) is 0 Å². The van der Waals surface area contributed by atoms with Crippen LogP contribution in [0.15, 0.2) is 73.1 Å². The number of carbonyl (C=O) groups is 1. The van der Waals surface area contributed by atoms with Crippen molar-refractivity contribution in [3.8, 4) is 0 Å². The molecule has 0 fully saturated rings. The average Bonchev–Trinajstić information content (AvgIpc) is 3.09. The lowest BCUT2D eigenvalue weighted by Crippen LogP contribution is -2.41. The van der Waals surface area contributed by atoms with E-state index in [1.165, 1.54) is 0 Å². The minimum atomic E-state index is -1.78. The Balaban J connectivity index is 1.95. The molecule has 0 aliphatic rings. The summed E-state index contributed by atoms with van der Waals surface area (Å²) in [4.78, 5) is 13.0. The Morgan fingerprint density at radius 1 is 1.08 bits per heavy atom. The van der Waals surface area contributed by atoms with Crippen LogP contribution in [0.25, 0.3) is 0 Å². The molecule has 0 unspecified atom stereocenters. The number of hydrogen-bond donors (Lipinski definition) is 2. The Labute approximate surface area is 146 Å². The predicted octanol–water partition coefficient (Wildman–Crippen LogP) is 3.17. The number of aliphatic hydroxyl groups is 1. The summed E-state index contributed by atoms with van der Waals surface area (Å²) in [5.41, 5.74) is -0.196. The Kier molecular flexibility index (Phi) is 4.95. The topological polar surface area (TPSA) is 67.2 Å². The lowest BCUT2D eigenvalue weighted by molar-refractivity contribution is -0.131. The quantitative estimate of drug-likeness (QED) is 0.727. The van der Waals surface area contributed by atoms with Crippen molar-refractivity contribution in [3.63, 3.8) is 0 Å². The van der Waals surface area contributed by atoms with Crippen LogP contribution in [0.2, 0.25) is 0 Å². The molecule has 3 aromatic rings. The number of aryl methyl sites for hydroxylation is 1. The molecule has 128 valence electrons. The fourth-order valence-corrected chi connectivity index (χ4v) is 2.79. The highest BCUT2D eigenvalue weighted by Crippen LogP contribution is 2.31. The van der Waals surface area contributed by atoms with Crippen LogP contribution in [-0.4, -0.2) is 20.8 Å². The molecule has 1 aromatic heterocycles. The zero-order valence-electron chi connectivity index (χ0n) is 14.1. The summed E-state index contributed by atoms with van der Waals surface area (Å²) < 4.78 is 1.76. The van der Waals surface area contributed by atoms with Gasteiger partial charge in [0.2, 0.25) is 0 Å². The van der Waals surface area contributed by atoms with Crippen LogP contribution in [0.4, 0.5) is 5.69 Å². The van der Waals surface area contributed by atoms with E-state index in [1.807, 2.05) is 12.1 Å². The van der Waals surface area contributed by atoms with Gasteiger partial charge in [0.1, 0.15) is 0 Å². The van der Waals surface area contributed by atoms with Gasteiger partial charge in [-0.3, -0.25) is 9.48 Å². The van der Waals surface area contributed by atoms with E-state index < -0.39 is 11.5 Å². The van der Waals surface area contributed by atoms with Gasteiger partial charge in [0, 0.05) is 12.7 Å². The summed E-state index contributed by atoms with van der Waals surface area (Å²) in [5, 5.41) is 18.3. The Bertz CT molecular complexity index is 789. The second-order valence-electron chi connectivity index (χ2n) is 5.89. The number of amides is 1. The number of aromatic nitrogens is 2. The Hall–Kier alpha value is -2.92. The number of hydrogen-bond acceptors (Lipinski definition) is 3. The number of nitrogens with one attached hydrogen (secondary N) is 1. The van der Waals surface area contributed by atoms with Gasteiger partial charge in [0.05, 0.1) is 11.9 Å². The summed E-state index contributed by atoms with van der Waals surface area (Å²) in [5.74, 6) is -0.513. The van der Waals surface area contributed by atoms with Crippen LogP contribution in [0.5, 0.6) is 0 Å². The van der Waals surface area contributed by atoms with E-state index in [0.29, 0.717) is 16.8 Å². The van der Waals surface area contributed by atoms with Crippen LogP contribution in [0, 0.1) is 0 Å². The highest BCUT2D eigenvalue weighted by molar-refractivity contribution is 6.00. The average molecular weight is 335 g/mol. The second kappa shape index (κ2) is 7.32. The number of carbonyl (C=O) groups excluding carboxylic acids is 1. The Morgan fingerprint density at radius 2 is 1.64 bits per heavy atom. The molecule has 0 aliphatic carbocycles. The van der Waals surface area contributed by atoms with Crippen LogP contribution >= 0.6 is 0 Å². The molecule has 3 rings (SSSR count). The van der Waals surface area contributed by atoms with Gasteiger partial charge in [0.25, 0.3) is 5.91 Å². The molecule has 0 spiro atoms. The van der Waals surface area contributed by atoms with E-state index in [9.17, 15) is 9.90 Å². The summed E-state index contributed by atoms with van der Waals surface area (Å²) in [6, 6.07) is 17.9. The smallest absolute Gasteiger partial charge is 0.265 e. The van der Waals surface area contributed by atoms with Crippen LogP contribution < -0.4 is 5.32 Å². The van der Waals surface area contributed by atoms with E-state index >= 15 is 0 Å². The zero-order chi connectivity index (χ0) is 17.7. The molecular weight excluding hydrogens is 314 g/mol. The molecule has 0 saturated carbocycles. The molecule has 1 amide bonds. The number of benzene rings is 2. The van der Waals surface area contributed by atoms with Crippen LogP contribution in [-0.2, 0) is 16.9 Å². The van der Waals surface area contributed by atoms with E-state index in [1.54, 1.807) is 65.6 Å². The third-order valence-corrected chi connectivity index (χ3v) is 4.06. The van der Waals surface area contributed by atoms with Gasteiger partial charge in [-0.1, -0.05) is 67.6 Å². The van der Waals surface area contributed by atoms with Crippen molar-refractivity contribution >= 4 is 11.6 Å². The van der Waals surface area contributed by atoms with Crippen molar-refractivity contribution in [3.05, 3.63) is 84.2 Å². The molecule has 0 saturated heterocycles. The van der Waals surface area contributed by atoms with Crippen molar-refractivity contribution in [1.82, 2.24) is 9.78 Å². The second-order valence-corrected chi connectivity index (χ2v) is 5.89. The third-order valence-electron chi connectivity index (χ3n) is 4.06. The largest absolute Gasteiger partial charge is 0.372 e. The van der Waals surface area contributed by atoms with Crippen molar-refractivity contribution < 1.29 is 9.90 Å². The minimum Gasteiger partial charge on any atom is -0.372 e. The molecule has 0 atom stereocenters. The molecule has 0 radical (unpaired) electrons. The van der Waals surface area contributed by atoms with Gasteiger partial charge < -0.3 is 10.4 Å². The molecule has 5 heteroatoms. The highest BCUT2D eigenvalue weighted by Gasteiger charge is 2.40. The Morgan fingerprint density at radius 3 is 2.16 bits per heavy atom. The maximum atomic E-state index is 13.0. The number of nitrogens with zero attached hydrogens (tertiary/aromatic N) is 2. The first-order valence-electron chi connectivity index (χ1n) is 8.32. The van der Waals surface area contributed by atoms with Gasteiger partial charge in [-0.15, -0.1) is 0 Å². The minimum absolute atomic E-state index is 0.513. The fraction of sp³-hybridized carbons (Fsp3) is 0.200. The first kappa shape index (κ1) is 16.9. The molecule has 2 aromatic carbocycles. The van der Waals surface area contributed by atoms with Crippen molar-refractivity contribution in [2.75, 3.05) is 5.32 Å². The maximum Gasteiger partial charge on any atom is 0.265 e. The van der Waals surface area contributed by atoms with E-state index in [-0.39, 0.29) is 0 Å². The van der Waals surface area contributed by atoms with Gasteiger partial charge in [-0.2, -0.15) is 5.10 Å². The molecule has 1 heterocycles. The lowest BCUT2D eigenvalue weighted by Gasteiger charge is -2.27. The van der Waals surface area contributed by atoms with Crippen molar-refractivity contribution in [2.45, 2.75) is 25.5 Å². The molecule has 0 aliphatic heterocycles. The maximum absolute atomic E-state index is 13.0. The van der Waals surface area contributed by atoms with E-state index in [0.717, 1.165) is 13.0 Å². The highest BCUT2D eigenvalue weighted by atomic mass is 16.3. The zero-order valence-corrected chi connectivity index (χ0v) is 14.1. The molecule has 2 N–H and O–H groups in total. The van der Waals surface area contributed by atoms with E-state index in [2.05, 4.69) is 17.3 Å². The molecular formula is C20H21N3O2. The van der Waals surface area contributed by atoms with Gasteiger partial charge in [-0.05, 0) is 17.5 Å². The van der Waals surface area contributed by atoms with Gasteiger partial charge >= 0.3 is 0 Å². The van der Waals surface area contributed by atoms with E-state index in [4.69, 9.17) is 0 Å². The standard InChI is InChI=1S/C20H21N3O2/c1-2-13-23-15-18(14-21-23)22-19(24)20(25,16-9-5-3-6-10-16)17-11-7-4-8-12-17/h3-12,14-15,25H,2,13H2,1H3,(H,22,24). The predicted molar refractivity (Wildman–Crippen MR) is 97.0 cm³/mol. The normalized spacial score (nSPS) is 11.3. The van der Waals surface area contributed by atoms with Crippen LogP contribution in [0.1, 0.15) is 24.5 Å². The number of anilines is 1. The van der Waals surface area contributed by atoms with Gasteiger partial charge in [0.15, 0.2) is 5.60 Å². The molecule has 5 nitrogen and oxygen atoms in total. The summed E-state index contributed by atoms with van der Waals surface area (Å²) in [6.45, 7) is 2.83. The van der Waals surface area contributed by atoms with Crippen molar-refractivity contribution in [1.29, 1.82) is 0 Å². The fourth-order valence-electron chi connectivity index (χ4n) is 2.79. The summed E-state index contributed by atoms with van der Waals surface area (Å²) in [6.07, 6.45) is 4.30. The number of rotatable bonds is 6. The first-order chi connectivity index (χ1) is 12.1.